The maximum atomic E-state index is 12.9. The van der Waals surface area contributed by atoms with Crippen molar-refractivity contribution >= 4 is 34.7 Å². The third-order valence-electron chi connectivity index (χ3n) is 3.50. The van der Waals surface area contributed by atoms with Crippen LogP contribution in [0.15, 0.2) is 47.4 Å². The molecule has 0 aromatic heterocycles. The minimum atomic E-state index is -4.52. The number of thioether (sulfide) groups is 1. The quantitative estimate of drug-likeness (QED) is 0.442. The highest BCUT2D eigenvalue weighted by atomic mass is 32.2. The first-order valence-electron chi connectivity index (χ1n) is 7.63. The van der Waals surface area contributed by atoms with E-state index >= 15 is 0 Å². The molecule has 0 aliphatic heterocycles. The van der Waals surface area contributed by atoms with Gasteiger partial charge < -0.3 is 10.2 Å². The van der Waals surface area contributed by atoms with E-state index in [0.717, 1.165) is 23.9 Å². The van der Waals surface area contributed by atoms with Gasteiger partial charge in [0.2, 0.25) is 5.91 Å². The second-order valence-corrected chi connectivity index (χ2v) is 6.76. The summed E-state index contributed by atoms with van der Waals surface area (Å²) in [6, 6.07) is 8.79. The van der Waals surface area contributed by atoms with Gasteiger partial charge in [0, 0.05) is 31.1 Å². The van der Waals surface area contributed by atoms with E-state index in [1.165, 1.54) is 30.3 Å². The maximum Gasteiger partial charge on any atom is 0.416 e. The summed E-state index contributed by atoms with van der Waals surface area (Å²) >= 11 is 1.12. The average Bonchev–Trinajstić information content (AvgIpc) is 2.59. The van der Waals surface area contributed by atoms with Crippen LogP contribution in [0.4, 0.5) is 30.2 Å². The second kappa shape index (κ2) is 8.30. The van der Waals surface area contributed by atoms with Crippen LogP contribution >= 0.6 is 11.8 Å². The van der Waals surface area contributed by atoms with Crippen LogP contribution in [-0.2, 0) is 11.0 Å². The largest absolute Gasteiger partial charge is 0.416 e. The molecule has 0 aliphatic carbocycles. The van der Waals surface area contributed by atoms with Gasteiger partial charge in [0.1, 0.15) is 0 Å². The van der Waals surface area contributed by atoms with Gasteiger partial charge in [-0.3, -0.25) is 14.9 Å². The third kappa shape index (κ3) is 5.61. The molecule has 2 aromatic rings. The molecule has 0 atom stereocenters. The summed E-state index contributed by atoms with van der Waals surface area (Å²) in [7, 11) is 3.31. The van der Waals surface area contributed by atoms with Crippen molar-refractivity contribution in [2.45, 2.75) is 11.1 Å². The number of rotatable bonds is 6. The van der Waals surface area contributed by atoms with E-state index in [1.54, 1.807) is 19.0 Å². The monoisotopic (exact) mass is 399 g/mol. The molecule has 1 amide bonds. The Labute approximate surface area is 157 Å². The van der Waals surface area contributed by atoms with Crippen LogP contribution in [0.25, 0.3) is 0 Å². The Morgan fingerprint density at radius 2 is 1.81 bits per heavy atom. The summed E-state index contributed by atoms with van der Waals surface area (Å²) in [4.78, 5) is 24.5. The first-order valence-corrected chi connectivity index (χ1v) is 8.62. The Kier molecular flexibility index (Phi) is 6.32. The van der Waals surface area contributed by atoms with E-state index in [-0.39, 0.29) is 17.1 Å². The lowest BCUT2D eigenvalue weighted by atomic mass is 10.1. The molecule has 0 unspecified atom stereocenters. The zero-order valence-corrected chi connectivity index (χ0v) is 15.2. The van der Waals surface area contributed by atoms with E-state index in [1.807, 2.05) is 0 Å². The first-order chi connectivity index (χ1) is 12.6. The molecule has 0 aliphatic rings. The standard InChI is InChI=1S/C17H16F3N3O3S/c1-22(2)15-8-3-11(17(18,19)20)9-14(15)21-16(24)10-27-13-6-4-12(5-7-13)23(25)26/h3-9H,10H2,1-2H3,(H,21,24). The SMILES string of the molecule is CN(C)c1ccc(C(F)(F)F)cc1NC(=O)CSc1ccc([N+](=O)[O-])cc1. The van der Waals surface area contributed by atoms with Gasteiger partial charge in [-0.2, -0.15) is 13.2 Å². The molecule has 0 radical (unpaired) electrons. The topological polar surface area (TPSA) is 75.5 Å². The molecule has 10 heteroatoms. The summed E-state index contributed by atoms with van der Waals surface area (Å²) in [5, 5.41) is 13.1. The van der Waals surface area contributed by atoms with Gasteiger partial charge in [-0.15, -0.1) is 11.8 Å². The van der Waals surface area contributed by atoms with Crippen LogP contribution in [0.5, 0.6) is 0 Å². The number of hydrogen-bond acceptors (Lipinski definition) is 5. The number of halogens is 3. The first kappa shape index (κ1) is 20.6. The Balaban J connectivity index is 2.08. The number of carbonyl (C=O) groups excluding carboxylic acids is 1. The number of alkyl halides is 3. The molecule has 0 fully saturated rings. The van der Waals surface area contributed by atoms with E-state index in [9.17, 15) is 28.1 Å². The predicted octanol–water partition coefficient (Wildman–Crippen LogP) is 4.41. The summed E-state index contributed by atoms with van der Waals surface area (Å²) in [6.07, 6.45) is -4.52. The smallest absolute Gasteiger partial charge is 0.376 e. The van der Waals surface area contributed by atoms with Gasteiger partial charge >= 0.3 is 6.18 Å². The molecular weight excluding hydrogens is 383 g/mol. The Bertz CT molecular complexity index is 840. The molecule has 2 rings (SSSR count). The molecule has 27 heavy (non-hydrogen) atoms. The molecular formula is C17H16F3N3O3S. The van der Waals surface area contributed by atoms with Crippen molar-refractivity contribution in [2.75, 3.05) is 30.1 Å². The highest BCUT2D eigenvalue weighted by Gasteiger charge is 2.31. The fourth-order valence-corrected chi connectivity index (χ4v) is 2.90. The van der Waals surface area contributed by atoms with Crippen LogP contribution in [0, 0.1) is 10.1 Å². The summed E-state index contributed by atoms with van der Waals surface area (Å²) < 4.78 is 38.8. The lowest BCUT2D eigenvalue weighted by molar-refractivity contribution is -0.384. The van der Waals surface area contributed by atoms with Crippen molar-refractivity contribution in [3.05, 3.63) is 58.1 Å². The molecule has 144 valence electrons. The minimum Gasteiger partial charge on any atom is -0.376 e. The van der Waals surface area contributed by atoms with Gasteiger partial charge in [-0.25, -0.2) is 0 Å². The van der Waals surface area contributed by atoms with Crippen molar-refractivity contribution < 1.29 is 22.9 Å². The fraction of sp³-hybridized carbons (Fsp3) is 0.235. The number of nitrogens with zero attached hydrogens (tertiary/aromatic N) is 2. The van der Waals surface area contributed by atoms with Gasteiger partial charge in [-0.1, -0.05) is 0 Å². The molecule has 0 saturated heterocycles. The van der Waals surface area contributed by atoms with Gasteiger partial charge in [-0.05, 0) is 30.3 Å². The van der Waals surface area contributed by atoms with E-state index < -0.39 is 22.6 Å². The van der Waals surface area contributed by atoms with E-state index in [4.69, 9.17) is 0 Å². The molecule has 2 aromatic carbocycles. The molecule has 0 bridgehead atoms. The Morgan fingerprint density at radius 3 is 2.33 bits per heavy atom. The molecule has 6 nitrogen and oxygen atoms in total. The van der Waals surface area contributed by atoms with Crippen LogP contribution in [-0.4, -0.2) is 30.7 Å². The zero-order valence-electron chi connectivity index (χ0n) is 14.4. The Hall–Kier alpha value is -2.75. The number of nitro benzene ring substituents is 1. The van der Waals surface area contributed by atoms with E-state index in [2.05, 4.69) is 5.32 Å². The zero-order chi connectivity index (χ0) is 20.2. The van der Waals surface area contributed by atoms with Crippen molar-refractivity contribution in [1.29, 1.82) is 0 Å². The highest BCUT2D eigenvalue weighted by Crippen LogP contribution is 2.35. The summed E-state index contributed by atoms with van der Waals surface area (Å²) in [6.45, 7) is 0. The molecule has 0 saturated carbocycles. The number of anilines is 2. The molecule has 0 heterocycles. The Morgan fingerprint density at radius 1 is 1.19 bits per heavy atom. The van der Waals surface area contributed by atoms with Crippen molar-refractivity contribution in [2.24, 2.45) is 0 Å². The summed E-state index contributed by atoms with van der Waals surface area (Å²) in [5.41, 5.74) is -0.421. The van der Waals surface area contributed by atoms with Gasteiger partial charge in [0.25, 0.3) is 5.69 Å². The van der Waals surface area contributed by atoms with Crippen LogP contribution in [0.1, 0.15) is 5.56 Å². The number of carbonyl (C=O) groups is 1. The number of non-ortho nitro benzene ring substituents is 1. The lowest BCUT2D eigenvalue weighted by Gasteiger charge is -2.19. The average molecular weight is 399 g/mol. The number of nitro groups is 1. The van der Waals surface area contributed by atoms with Crippen molar-refractivity contribution in [3.63, 3.8) is 0 Å². The second-order valence-electron chi connectivity index (χ2n) is 5.71. The van der Waals surface area contributed by atoms with E-state index in [0.29, 0.717) is 10.6 Å². The van der Waals surface area contributed by atoms with Crippen molar-refractivity contribution in [3.8, 4) is 0 Å². The number of benzene rings is 2. The normalized spacial score (nSPS) is 11.1. The summed E-state index contributed by atoms with van der Waals surface area (Å²) in [5.74, 6) is -0.540. The molecule has 0 spiro atoms. The number of amides is 1. The van der Waals surface area contributed by atoms with Gasteiger partial charge in [0.15, 0.2) is 0 Å². The minimum absolute atomic E-state index is 0.0546. The maximum absolute atomic E-state index is 12.9. The van der Waals surface area contributed by atoms with Gasteiger partial charge in [0.05, 0.1) is 27.6 Å². The molecule has 1 N–H and O–H groups in total. The highest BCUT2D eigenvalue weighted by molar-refractivity contribution is 8.00. The predicted molar refractivity (Wildman–Crippen MR) is 98.2 cm³/mol. The van der Waals surface area contributed by atoms with Crippen LogP contribution in [0.3, 0.4) is 0 Å². The van der Waals surface area contributed by atoms with Crippen LogP contribution < -0.4 is 10.2 Å². The van der Waals surface area contributed by atoms with Crippen LogP contribution in [0.2, 0.25) is 0 Å². The third-order valence-corrected chi connectivity index (χ3v) is 4.51. The fourth-order valence-electron chi connectivity index (χ4n) is 2.20. The number of hydrogen-bond donors (Lipinski definition) is 1. The van der Waals surface area contributed by atoms with Crippen molar-refractivity contribution in [1.82, 2.24) is 0 Å². The lowest BCUT2D eigenvalue weighted by Crippen LogP contribution is -2.19. The number of nitrogens with one attached hydrogen (secondary N) is 1.